The molecule has 3 aromatic rings. The molecule has 0 bridgehead atoms. The molecule has 1 saturated heterocycles. The van der Waals surface area contributed by atoms with Gasteiger partial charge in [0.2, 0.25) is 5.91 Å². The van der Waals surface area contributed by atoms with E-state index in [0.717, 1.165) is 22.2 Å². The zero-order chi connectivity index (χ0) is 23.0. The maximum absolute atomic E-state index is 12.6. The summed E-state index contributed by atoms with van der Waals surface area (Å²) in [4.78, 5) is 28.8. The van der Waals surface area contributed by atoms with Crippen LogP contribution >= 0.6 is 0 Å². The van der Waals surface area contributed by atoms with E-state index in [1.165, 1.54) is 0 Å². The average molecular weight is 447 g/mol. The number of pyridine rings is 1. The summed E-state index contributed by atoms with van der Waals surface area (Å²) < 4.78 is 11.7. The average Bonchev–Trinajstić information content (AvgIpc) is 3.47. The fraction of sp³-hybridized carbons (Fsp3) is 0.320. The number of amides is 1. The number of carbonyl (C=O) groups is 2. The number of ether oxygens (including phenoxy) is 2. The highest BCUT2D eigenvalue weighted by Crippen LogP contribution is 2.36. The number of carboxylic acids is 1. The molecular weight excluding hydrogens is 422 g/mol. The summed E-state index contributed by atoms with van der Waals surface area (Å²) in [6.07, 6.45) is 1.14. The number of carbonyl (C=O) groups excluding carboxylic acids is 1. The standard InChI is InChI=1S/C25H25N3O5/c1-32-16-7-8-18-20(11-16)27-19(15-5-3-2-4-6-15)13-22(18)33-17-12-21(26-14-17)23(29)28-25(9-10-25)24(30)31/h2-8,11,13,17,21,26H,9-10,12,14H2,1H3,(H,28,29)(H,30,31)/t17?,21-/m0/s1. The van der Waals surface area contributed by atoms with Gasteiger partial charge in [0.15, 0.2) is 0 Å². The summed E-state index contributed by atoms with van der Waals surface area (Å²) in [5, 5.41) is 16.0. The molecule has 2 aliphatic rings. The van der Waals surface area contributed by atoms with Crippen LogP contribution < -0.4 is 20.1 Å². The largest absolute Gasteiger partial charge is 0.497 e. The number of methoxy groups -OCH3 is 1. The quantitative estimate of drug-likeness (QED) is 0.511. The molecule has 1 aromatic heterocycles. The Morgan fingerprint density at radius 1 is 1.15 bits per heavy atom. The molecule has 8 nitrogen and oxygen atoms in total. The summed E-state index contributed by atoms with van der Waals surface area (Å²) in [6, 6.07) is 16.9. The van der Waals surface area contributed by atoms with Crippen LogP contribution in [0.3, 0.4) is 0 Å². The van der Waals surface area contributed by atoms with E-state index in [9.17, 15) is 14.7 Å². The Balaban J connectivity index is 1.38. The Morgan fingerprint density at radius 3 is 2.64 bits per heavy atom. The highest BCUT2D eigenvalue weighted by Gasteiger charge is 2.52. The predicted molar refractivity (Wildman–Crippen MR) is 122 cm³/mol. The van der Waals surface area contributed by atoms with Gasteiger partial charge in [-0.25, -0.2) is 9.78 Å². The molecule has 2 atom stereocenters. The molecule has 1 aliphatic heterocycles. The number of hydrogen-bond acceptors (Lipinski definition) is 6. The molecular formula is C25H25N3O5. The minimum atomic E-state index is -1.09. The van der Waals surface area contributed by atoms with Crippen molar-refractivity contribution in [1.29, 1.82) is 0 Å². The third-order valence-electron chi connectivity index (χ3n) is 6.27. The fourth-order valence-corrected chi connectivity index (χ4v) is 4.17. The Bertz CT molecular complexity index is 1210. The molecule has 5 rings (SSSR count). The van der Waals surface area contributed by atoms with Crippen molar-refractivity contribution in [2.75, 3.05) is 13.7 Å². The van der Waals surface area contributed by atoms with Crippen LogP contribution in [0.4, 0.5) is 0 Å². The lowest BCUT2D eigenvalue weighted by Gasteiger charge is -2.18. The van der Waals surface area contributed by atoms with Crippen molar-refractivity contribution in [3.05, 3.63) is 54.6 Å². The van der Waals surface area contributed by atoms with Gasteiger partial charge in [0, 0.05) is 36.0 Å². The second-order valence-corrected chi connectivity index (χ2v) is 8.57. The third-order valence-corrected chi connectivity index (χ3v) is 6.27. The third kappa shape index (κ3) is 4.21. The number of carboxylic acid groups (broad SMARTS) is 1. The van der Waals surface area contributed by atoms with Crippen molar-refractivity contribution >= 4 is 22.8 Å². The minimum absolute atomic E-state index is 0.239. The summed E-state index contributed by atoms with van der Waals surface area (Å²) in [6.45, 7) is 0.485. The number of hydrogen-bond donors (Lipinski definition) is 3. The normalized spacial score (nSPS) is 20.9. The molecule has 0 spiro atoms. The molecule has 2 aromatic carbocycles. The molecule has 170 valence electrons. The van der Waals surface area contributed by atoms with Gasteiger partial charge >= 0.3 is 5.97 Å². The van der Waals surface area contributed by atoms with Gasteiger partial charge in [0.05, 0.1) is 24.4 Å². The van der Waals surface area contributed by atoms with Crippen LogP contribution in [0.2, 0.25) is 0 Å². The first kappa shape index (κ1) is 21.2. The molecule has 1 amide bonds. The second-order valence-electron chi connectivity index (χ2n) is 8.57. The van der Waals surface area contributed by atoms with E-state index in [1.807, 2.05) is 54.6 Å². The lowest BCUT2D eigenvalue weighted by atomic mass is 10.1. The minimum Gasteiger partial charge on any atom is -0.497 e. The maximum Gasteiger partial charge on any atom is 0.329 e. The van der Waals surface area contributed by atoms with Crippen molar-refractivity contribution in [2.45, 2.75) is 36.9 Å². The van der Waals surface area contributed by atoms with Gasteiger partial charge in [0.1, 0.15) is 23.1 Å². The van der Waals surface area contributed by atoms with Gasteiger partial charge < -0.3 is 25.2 Å². The summed E-state index contributed by atoms with van der Waals surface area (Å²) in [5.74, 6) is 0.112. The molecule has 1 aliphatic carbocycles. The molecule has 3 N–H and O–H groups in total. The van der Waals surface area contributed by atoms with E-state index >= 15 is 0 Å². The van der Waals surface area contributed by atoms with Gasteiger partial charge in [-0.15, -0.1) is 0 Å². The zero-order valence-corrected chi connectivity index (χ0v) is 18.2. The van der Waals surface area contributed by atoms with Crippen LogP contribution in [-0.2, 0) is 9.59 Å². The molecule has 0 radical (unpaired) electrons. The Morgan fingerprint density at radius 2 is 1.94 bits per heavy atom. The number of fused-ring (bicyclic) bond motifs is 1. The van der Waals surface area contributed by atoms with Gasteiger partial charge in [-0.1, -0.05) is 30.3 Å². The Hall–Kier alpha value is -3.65. The van der Waals surface area contributed by atoms with Gasteiger partial charge in [-0.05, 0) is 25.0 Å². The number of aromatic nitrogens is 1. The number of nitrogens with one attached hydrogen (secondary N) is 2. The van der Waals surface area contributed by atoms with E-state index in [1.54, 1.807) is 7.11 Å². The van der Waals surface area contributed by atoms with Crippen molar-refractivity contribution in [2.24, 2.45) is 0 Å². The maximum atomic E-state index is 12.6. The van der Waals surface area contributed by atoms with Crippen LogP contribution in [0.15, 0.2) is 54.6 Å². The van der Waals surface area contributed by atoms with E-state index in [4.69, 9.17) is 14.5 Å². The number of benzene rings is 2. The van der Waals surface area contributed by atoms with Crippen LogP contribution in [0.25, 0.3) is 22.2 Å². The summed E-state index contributed by atoms with van der Waals surface area (Å²) >= 11 is 0. The van der Waals surface area contributed by atoms with Gasteiger partial charge in [0.25, 0.3) is 0 Å². The van der Waals surface area contributed by atoms with E-state index < -0.39 is 17.6 Å². The summed E-state index contributed by atoms with van der Waals surface area (Å²) in [7, 11) is 1.62. The van der Waals surface area contributed by atoms with Crippen LogP contribution in [-0.4, -0.2) is 53.3 Å². The van der Waals surface area contributed by atoms with E-state index in [-0.39, 0.29) is 12.0 Å². The SMILES string of the molecule is COc1ccc2c(OC3CN[C@H](C(=O)NC4(C(=O)O)CC4)C3)cc(-c3ccccc3)nc2c1. The Kier molecular flexibility index (Phi) is 5.38. The lowest BCUT2D eigenvalue weighted by molar-refractivity contribution is -0.143. The number of aliphatic carboxylic acids is 1. The molecule has 2 heterocycles. The van der Waals surface area contributed by atoms with Crippen LogP contribution in [0.5, 0.6) is 11.5 Å². The molecule has 1 saturated carbocycles. The monoisotopic (exact) mass is 447 g/mol. The summed E-state index contributed by atoms with van der Waals surface area (Å²) in [5.41, 5.74) is 1.41. The van der Waals surface area contributed by atoms with Gasteiger partial charge in [-0.2, -0.15) is 0 Å². The van der Waals surface area contributed by atoms with Crippen LogP contribution in [0.1, 0.15) is 19.3 Å². The number of nitrogens with zero attached hydrogens (tertiary/aromatic N) is 1. The van der Waals surface area contributed by atoms with E-state index in [0.29, 0.717) is 37.3 Å². The van der Waals surface area contributed by atoms with Crippen LogP contribution in [0, 0.1) is 0 Å². The van der Waals surface area contributed by atoms with Crippen molar-refractivity contribution in [3.63, 3.8) is 0 Å². The topological polar surface area (TPSA) is 110 Å². The van der Waals surface area contributed by atoms with Gasteiger partial charge in [-0.3, -0.25) is 4.79 Å². The van der Waals surface area contributed by atoms with Crippen molar-refractivity contribution in [1.82, 2.24) is 15.6 Å². The highest BCUT2D eigenvalue weighted by molar-refractivity contribution is 5.92. The first-order valence-corrected chi connectivity index (χ1v) is 11.0. The number of rotatable bonds is 7. The highest BCUT2D eigenvalue weighted by atomic mass is 16.5. The smallest absolute Gasteiger partial charge is 0.329 e. The van der Waals surface area contributed by atoms with Crippen molar-refractivity contribution < 1.29 is 24.2 Å². The van der Waals surface area contributed by atoms with Crippen molar-refractivity contribution in [3.8, 4) is 22.8 Å². The molecule has 1 unspecified atom stereocenters. The molecule has 2 fully saturated rings. The Labute approximate surface area is 190 Å². The molecule has 33 heavy (non-hydrogen) atoms. The zero-order valence-electron chi connectivity index (χ0n) is 18.2. The first-order chi connectivity index (χ1) is 16.0. The second kappa shape index (κ2) is 8.37. The predicted octanol–water partition coefficient (Wildman–Crippen LogP) is 2.75. The molecule has 8 heteroatoms. The lowest BCUT2D eigenvalue weighted by Crippen LogP contribution is -2.49. The van der Waals surface area contributed by atoms with E-state index in [2.05, 4.69) is 10.6 Å². The first-order valence-electron chi connectivity index (χ1n) is 11.0. The fourth-order valence-electron chi connectivity index (χ4n) is 4.17.